The van der Waals surface area contributed by atoms with Gasteiger partial charge in [0.1, 0.15) is 0 Å². The average Bonchev–Trinajstić information content (AvgIpc) is 3.14. The molecule has 0 saturated carbocycles. The fourth-order valence-electron chi connectivity index (χ4n) is 2.99. The lowest BCUT2D eigenvalue weighted by molar-refractivity contribution is -0.129. The van der Waals surface area contributed by atoms with E-state index in [1.165, 1.54) is 0 Å². The first kappa shape index (κ1) is 16.6. The van der Waals surface area contributed by atoms with Crippen molar-refractivity contribution in [3.8, 4) is 0 Å². The minimum absolute atomic E-state index is 0.00200. The Morgan fingerprint density at radius 1 is 1.39 bits per heavy atom. The van der Waals surface area contributed by atoms with Crippen LogP contribution in [0.5, 0.6) is 0 Å². The van der Waals surface area contributed by atoms with Crippen LogP contribution in [0.4, 0.5) is 5.69 Å². The molecule has 2 unspecified atom stereocenters. The molecule has 2 amide bonds. The van der Waals surface area contributed by atoms with Gasteiger partial charge in [-0.2, -0.15) is 0 Å². The van der Waals surface area contributed by atoms with E-state index in [4.69, 9.17) is 27.9 Å². The van der Waals surface area contributed by atoms with Gasteiger partial charge in [-0.3, -0.25) is 9.59 Å². The average molecular weight is 357 g/mol. The van der Waals surface area contributed by atoms with Crippen molar-refractivity contribution >= 4 is 40.7 Å². The first-order chi connectivity index (χ1) is 11.0. The topological polar surface area (TPSA) is 58.6 Å². The zero-order valence-corrected chi connectivity index (χ0v) is 14.1. The summed E-state index contributed by atoms with van der Waals surface area (Å²) in [5.74, 6) is -0.589. The third kappa shape index (κ3) is 3.97. The third-order valence-corrected chi connectivity index (χ3v) is 4.78. The van der Waals surface area contributed by atoms with Gasteiger partial charge in [-0.1, -0.05) is 23.2 Å². The van der Waals surface area contributed by atoms with E-state index >= 15 is 0 Å². The number of anilines is 1. The summed E-state index contributed by atoms with van der Waals surface area (Å²) in [5, 5.41) is 3.67. The molecule has 7 heteroatoms. The van der Waals surface area contributed by atoms with Gasteiger partial charge in [0, 0.05) is 31.1 Å². The molecule has 2 fully saturated rings. The lowest BCUT2D eigenvalue weighted by atomic mass is 10.1. The summed E-state index contributed by atoms with van der Waals surface area (Å²) in [6.45, 7) is 1.74. The molecule has 2 heterocycles. The van der Waals surface area contributed by atoms with Crippen LogP contribution < -0.4 is 5.32 Å². The SMILES string of the molecule is O=C(Nc1cc(Cl)ccc1Cl)C1CC(=O)N(CC2CCCO2)C1. The van der Waals surface area contributed by atoms with Crippen LogP contribution in [0.3, 0.4) is 0 Å². The molecule has 5 nitrogen and oxygen atoms in total. The summed E-state index contributed by atoms with van der Waals surface area (Å²) in [6, 6.07) is 4.88. The summed E-state index contributed by atoms with van der Waals surface area (Å²) in [5.41, 5.74) is 0.467. The minimum Gasteiger partial charge on any atom is -0.376 e. The quantitative estimate of drug-likeness (QED) is 0.901. The van der Waals surface area contributed by atoms with E-state index in [0.717, 1.165) is 19.4 Å². The largest absolute Gasteiger partial charge is 0.376 e. The Labute approximate surface area is 144 Å². The molecule has 0 spiro atoms. The van der Waals surface area contributed by atoms with E-state index < -0.39 is 0 Å². The van der Waals surface area contributed by atoms with Crippen molar-refractivity contribution < 1.29 is 14.3 Å². The van der Waals surface area contributed by atoms with Gasteiger partial charge in [0.2, 0.25) is 11.8 Å². The second-order valence-corrected chi connectivity index (χ2v) is 6.79. The van der Waals surface area contributed by atoms with Crippen molar-refractivity contribution in [1.82, 2.24) is 4.90 Å². The molecule has 1 aromatic rings. The molecule has 23 heavy (non-hydrogen) atoms. The number of hydrogen-bond donors (Lipinski definition) is 1. The predicted octanol–water partition coefficient (Wildman–Crippen LogP) is 2.96. The Hall–Kier alpha value is -1.30. The molecule has 1 aromatic carbocycles. The van der Waals surface area contributed by atoms with Gasteiger partial charge in [-0.05, 0) is 31.0 Å². The number of nitrogens with one attached hydrogen (secondary N) is 1. The Morgan fingerprint density at radius 3 is 2.96 bits per heavy atom. The highest BCUT2D eigenvalue weighted by Gasteiger charge is 2.36. The highest BCUT2D eigenvalue weighted by Crippen LogP contribution is 2.27. The normalized spacial score (nSPS) is 24.3. The van der Waals surface area contributed by atoms with Crippen LogP contribution in [-0.2, 0) is 14.3 Å². The molecule has 2 aliphatic rings. The summed E-state index contributed by atoms with van der Waals surface area (Å²) < 4.78 is 5.56. The van der Waals surface area contributed by atoms with Crippen LogP contribution in [0.25, 0.3) is 0 Å². The number of rotatable bonds is 4. The van der Waals surface area contributed by atoms with Gasteiger partial charge < -0.3 is 15.0 Å². The lowest BCUT2D eigenvalue weighted by Gasteiger charge is -2.20. The Kier molecular flexibility index (Phi) is 5.09. The molecule has 0 bridgehead atoms. The number of nitrogens with zero attached hydrogens (tertiary/aromatic N) is 1. The number of halogens is 2. The highest BCUT2D eigenvalue weighted by molar-refractivity contribution is 6.35. The van der Waals surface area contributed by atoms with Gasteiger partial charge in [-0.15, -0.1) is 0 Å². The number of likely N-dealkylation sites (tertiary alicyclic amines) is 1. The number of amides is 2. The van der Waals surface area contributed by atoms with E-state index in [9.17, 15) is 9.59 Å². The lowest BCUT2D eigenvalue weighted by Crippen LogP contribution is -2.34. The Morgan fingerprint density at radius 2 is 2.22 bits per heavy atom. The number of hydrogen-bond acceptors (Lipinski definition) is 3. The molecule has 2 saturated heterocycles. The highest BCUT2D eigenvalue weighted by atomic mass is 35.5. The first-order valence-corrected chi connectivity index (χ1v) is 8.44. The van der Waals surface area contributed by atoms with Gasteiger partial charge in [0.15, 0.2) is 0 Å². The van der Waals surface area contributed by atoms with E-state index in [0.29, 0.717) is 28.8 Å². The summed E-state index contributed by atoms with van der Waals surface area (Å²) >= 11 is 12.0. The van der Waals surface area contributed by atoms with E-state index in [1.807, 2.05) is 0 Å². The number of ether oxygens (including phenoxy) is 1. The van der Waals surface area contributed by atoms with Gasteiger partial charge in [0.05, 0.1) is 22.7 Å². The summed E-state index contributed by atoms with van der Waals surface area (Å²) in [7, 11) is 0. The maximum atomic E-state index is 12.4. The zero-order chi connectivity index (χ0) is 16.4. The van der Waals surface area contributed by atoms with Crippen molar-refractivity contribution in [1.29, 1.82) is 0 Å². The molecule has 1 N–H and O–H groups in total. The van der Waals surface area contributed by atoms with Crippen LogP contribution in [-0.4, -0.2) is 42.5 Å². The molecule has 0 aliphatic carbocycles. The van der Waals surface area contributed by atoms with Crippen molar-refractivity contribution in [3.05, 3.63) is 28.2 Å². The van der Waals surface area contributed by atoms with Gasteiger partial charge >= 0.3 is 0 Å². The summed E-state index contributed by atoms with van der Waals surface area (Å²) in [4.78, 5) is 26.2. The third-order valence-electron chi connectivity index (χ3n) is 4.22. The van der Waals surface area contributed by atoms with Crippen LogP contribution in [0.15, 0.2) is 18.2 Å². The molecule has 3 rings (SSSR count). The Balaban J connectivity index is 1.60. The molecule has 124 valence electrons. The first-order valence-electron chi connectivity index (χ1n) is 7.68. The van der Waals surface area contributed by atoms with E-state index in [1.54, 1.807) is 23.1 Å². The molecular formula is C16H18Cl2N2O3. The second-order valence-electron chi connectivity index (χ2n) is 5.95. The van der Waals surface area contributed by atoms with Crippen molar-refractivity contribution in [3.63, 3.8) is 0 Å². The second kappa shape index (κ2) is 7.07. The van der Waals surface area contributed by atoms with Crippen LogP contribution >= 0.6 is 23.2 Å². The molecule has 2 atom stereocenters. The fraction of sp³-hybridized carbons (Fsp3) is 0.500. The van der Waals surface area contributed by atoms with Crippen molar-refractivity contribution in [2.45, 2.75) is 25.4 Å². The molecular weight excluding hydrogens is 339 g/mol. The smallest absolute Gasteiger partial charge is 0.229 e. The maximum Gasteiger partial charge on any atom is 0.229 e. The van der Waals surface area contributed by atoms with Crippen molar-refractivity contribution in [2.24, 2.45) is 5.92 Å². The summed E-state index contributed by atoms with van der Waals surface area (Å²) in [6.07, 6.45) is 2.32. The zero-order valence-electron chi connectivity index (χ0n) is 12.6. The van der Waals surface area contributed by atoms with E-state index in [2.05, 4.69) is 5.32 Å². The maximum absolute atomic E-state index is 12.4. The number of benzene rings is 1. The monoisotopic (exact) mass is 356 g/mol. The fourth-order valence-corrected chi connectivity index (χ4v) is 3.32. The van der Waals surface area contributed by atoms with Gasteiger partial charge in [0.25, 0.3) is 0 Å². The molecule has 0 aromatic heterocycles. The van der Waals surface area contributed by atoms with Crippen LogP contribution in [0.1, 0.15) is 19.3 Å². The predicted molar refractivity (Wildman–Crippen MR) is 88.8 cm³/mol. The van der Waals surface area contributed by atoms with Crippen molar-refractivity contribution in [2.75, 3.05) is 25.0 Å². The van der Waals surface area contributed by atoms with Gasteiger partial charge in [-0.25, -0.2) is 0 Å². The molecule has 0 radical (unpaired) electrons. The Bertz CT molecular complexity index is 617. The standard InChI is InChI=1S/C16H18Cl2N2O3/c17-11-3-4-13(18)14(7-11)19-16(22)10-6-15(21)20(8-10)9-12-2-1-5-23-12/h3-4,7,10,12H,1-2,5-6,8-9H2,(H,19,22). The number of carbonyl (C=O) groups is 2. The van der Waals surface area contributed by atoms with Crippen LogP contribution in [0, 0.1) is 5.92 Å². The van der Waals surface area contributed by atoms with Crippen LogP contribution in [0.2, 0.25) is 10.0 Å². The van der Waals surface area contributed by atoms with E-state index in [-0.39, 0.29) is 30.3 Å². The molecule has 2 aliphatic heterocycles. The minimum atomic E-state index is -0.376. The number of carbonyl (C=O) groups excluding carboxylic acids is 2.